The Morgan fingerprint density at radius 3 is 2.81 bits per heavy atom. The fourth-order valence-corrected chi connectivity index (χ4v) is 4.34. The molecule has 2 aromatic carbocycles. The third-order valence-electron chi connectivity index (χ3n) is 5.67. The van der Waals surface area contributed by atoms with Crippen LogP contribution in [-0.2, 0) is 0 Å². The molecule has 0 aromatic heterocycles. The molecule has 140 valence electrons. The van der Waals surface area contributed by atoms with Gasteiger partial charge in [0.2, 0.25) is 0 Å². The standard InChI is InChI=1S/C23H25ClN2O/c1-2-3-13-25-23(27)16-9-12-21-20(14-16)18-5-4-6-19(18)22(26-21)15-7-10-17(24)11-8-15/h4-5,7-12,14,18-19,22,26H,2-3,6,13H2,1H3,(H,25,27). The van der Waals surface area contributed by atoms with Crippen LogP contribution in [0, 0.1) is 5.92 Å². The number of allylic oxidation sites excluding steroid dienone is 2. The molecule has 1 aliphatic heterocycles. The van der Waals surface area contributed by atoms with E-state index in [0.29, 0.717) is 11.8 Å². The molecule has 3 atom stereocenters. The van der Waals surface area contributed by atoms with Gasteiger partial charge in [0.05, 0.1) is 6.04 Å². The largest absolute Gasteiger partial charge is 0.378 e. The summed E-state index contributed by atoms with van der Waals surface area (Å²) in [7, 11) is 0. The summed E-state index contributed by atoms with van der Waals surface area (Å²) < 4.78 is 0. The predicted octanol–water partition coefficient (Wildman–Crippen LogP) is 5.70. The third kappa shape index (κ3) is 3.61. The Kier molecular flexibility index (Phi) is 5.22. The Hall–Kier alpha value is -2.26. The quantitative estimate of drug-likeness (QED) is 0.516. The number of rotatable bonds is 5. The number of benzene rings is 2. The fraction of sp³-hybridized carbons (Fsp3) is 0.348. The van der Waals surface area contributed by atoms with E-state index in [-0.39, 0.29) is 11.9 Å². The Balaban J connectivity index is 1.61. The second kappa shape index (κ2) is 7.77. The smallest absolute Gasteiger partial charge is 0.251 e. The van der Waals surface area contributed by atoms with Crippen molar-refractivity contribution in [2.45, 2.75) is 38.1 Å². The van der Waals surface area contributed by atoms with Crippen LogP contribution in [0.15, 0.2) is 54.6 Å². The summed E-state index contributed by atoms with van der Waals surface area (Å²) in [6, 6.07) is 14.4. The van der Waals surface area contributed by atoms with Gasteiger partial charge in [-0.05, 0) is 60.2 Å². The number of hydrogen-bond donors (Lipinski definition) is 2. The van der Waals surface area contributed by atoms with Gasteiger partial charge in [0, 0.05) is 28.7 Å². The first kappa shape index (κ1) is 18.1. The number of carbonyl (C=O) groups is 1. The zero-order valence-electron chi connectivity index (χ0n) is 15.5. The second-order valence-corrected chi connectivity index (χ2v) is 7.87. The van der Waals surface area contributed by atoms with Crippen molar-refractivity contribution >= 4 is 23.2 Å². The lowest BCUT2D eigenvalue weighted by Gasteiger charge is -2.37. The fourth-order valence-electron chi connectivity index (χ4n) is 4.22. The molecule has 4 rings (SSSR count). The zero-order chi connectivity index (χ0) is 18.8. The van der Waals surface area contributed by atoms with Crippen LogP contribution < -0.4 is 10.6 Å². The van der Waals surface area contributed by atoms with Gasteiger partial charge in [0.15, 0.2) is 0 Å². The number of fused-ring (bicyclic) bond motifs is 3. The molecule has 0 radical (unpaired) electrons. The molecule has 0 saturated carbocycles. The summed E-state index contributed by atoms with van der Waals surface area (Å²) in [6.45, 7) is 2.86. The molecule has 4 heteroatoms. The Bertz CT molecular complexity index is 859. The molecule has 0 saturated heterocycles. The van der Waals surface area contributed by atoms with Crippen molar-refractivity contribution in [3.05, 3.63) is 76.3 Å². The van der Waals surface area contributed by atoms with Gasteiger partial charge in [-0.1, -0.05) is 49.2 Å². The molecule has 3 nitrogen and oxygen atoms in total. The van der Waals surface area contributed by atoms with E-state index in [1.165, 1.54) is 11.1 Å². The van der Waals surface area contributed by atoms with E-state index >= 15 is 0 Å². The average Bonchev–Trinajstić information content (AvgIpc) is 3.18. The van der Waals surface area contributed by atoms with E-state index in [1.807, 2.05) is 18.2 Å². The number of amides is 1. The summed E-state index contributed by atoms with van der Waals surface area (Å²) in [5, 5.41) is 7.48. The Morgan fingerprint density at radius 1 is 1.22 bits per heavy atom. The molecule has 2 aliphatic rings. The van der Waals surface area contributed by atoms with Crippen molar-refractivity contribution in [1.29, 1.82) is 0 Å². The van der Waals surface area contributed by atoms with E-state index < -0.39 is 0 Å². The highest BCUT2D eigenvalue weighted by atomic mass is 35.5. The van der Waals surface area contributed by atoms with Gasteiger partial charge in [-0.3, -0.25) is 4.79 Å². The number of carbonyl (C=O) groups excluding carboxylic acids is 1. The van der Waals surface area contributed by atoms with Gasteiger partial charge < -0.3 is 10.6 Å². The molecule has 3 unspecified atom stereocenters. The highest BCUT2D eigenvalue weighted by Crippen LogP contribution is 2.49. The lowest BCUT2D eigenvalue weighted by Crippen LogP contribution is -2.30. The maximum absolute atomic E-state index is 12.5. The maximum atomic E-state index is 12.5. The van der Waals surface area contributed by atoms with Crippen molar-refractivity contribution in [3.63, 3.8) is 0 Å². The number of halogens is 1. The zero-order valence-corrected chi connectivity index (χ0v) is 16.3. The number of nitrogens with one attached hydrogen (secondary N) is 2. The van der Waals surface area contributed by atoms with Crippen LogP contribution in [-0.4, -0.2) is 12.5 Å². The molecule has 1 aliphatic carbocycles. The minimum atomic E-state index is 0.0181. The summed E-state index contributed by atoms with van der Waals surface area (Å²) >= 11 is 6.06. The van der Waals surface area contributed by atoms with E-state index in [0.717, 1.165) is 42.1 Å². The molecule has 1 amide bonds. The Labute approximate surface area is 165 Å². The van der Waals surface area contributed by atoms with Crippen molar-refractivity contribution in [1.82, 2.24) is 5.32 Å². The topological polar surface area (TPSA) is 41.1 Å². The van der Waals surface area contributed by atoms with Crippen molar-refractivity contribution < 1.29 is 4.79 Å². The Morgan fingerprint density at radius 2 is 2.04 bits per heavy atom. The van der Waals surface area contributed by atoms with Crippen molar-refractivity contribution in [2.75, 3.05) is 11.9 Å². The van der Waals surface area contributed by atoms with Crippen LogP contribution >= 0.6 is 11.6 Å². The highest BCUT2D eigenvalue weighted by molar-refractivity contribution is 6.30. The van der Waals surface area contributed by atoms with Crippen LogP contribution in [0.2, 0.25) is 5.02 Å². The lowest BCUT2D eigenvalue weighted by atomic mass is 9.76. The van der Waals surface area contributed by atoms with Crippen LogP contribution in [0.1, 0.15) is 59.6 Å². The second-order valence-electron chi connectivity index (χ2n) is 7.44. The van der Waals surface area contributed by atoms with Gasteiger partial charge in [-0.25, -0.2) is 0 Å². The molecular weight excluding hydrogens is 356 g/mol. The third-order valence-corrected chi connectivity index (χ3v) is 5.92. The first-order chi connectivity index (χ1) is 13.2. The molecule has 2 aromatic rings. The van der Waals surface area contributed by atoms with Crippen LogP contribution in [0.5, 0.6) is 0 Å². The van der Waals surface area contributed by atoms with Crippen LogP contribution in [0.4, 0.5) is 5.69 Å². The molecule has 2 N–H and O–H groups in total. The van der Waals surface area contributed by atoms with Gasteiger partial charge >= 0.3 is 0 Å². The lowest BCUT2D eigenvalue weighted by molar-refractivity contribution is 0.0953. The SMILES string of the molecule is CCCCNC(=O)c1ccc2c(c1)C1C=CCC1C(c1ccc(Cl)cc1)N2. The van der Waals surface area contributed by atoms with Gasteiger partial charge in [0.25, 0.3) is 5.91 Å². The summed E-state index contributed by atoms with van der Waals surface area (Å²) in [4.78, 5) is 12.5. The van der Waals surface area contributed by atoms with Gasteiger partial charge in [-0.2, -0.15) is 0 Å². The van der Waals surface area contributed by atoms with Crippen molar-refractivity contribution in [3.8, 4) is 0 Å². The van der Waals surface area contributed by atoms with Crippen molar-refractivity contribution in [2.24, 2.45) is 5.92 Å². The molecular formula is C23H25ClN2O. The van der Waals surface area contributed by atoms with Crippen LogP contribution in [0.25, 0.3) is 0 Å². The number of anilines is 1. The van der Waals surface area contributed by atoms with E-state index in [9.17, 15) is 4.79 Å². The van der Waals surface area contributed by atoms with Gasteiger partial charge in [-0.15, -0.1) is 0 Å². The summed E-state index contributed by atoms with van der Waals surface area (Å²) in [5.41, 5.74) is 4.34. The summed E-state index contributed by atoms with van der Waals surface area (Å²) in [6.07, 6.45) is 7.69. The van der Waals surface area contributed by atoms with Crippen LogP contribution in [0.3, 0.4) is 0 Å². The molecule has 0 bridgehead atoms. The highest BCUT2D eigenvalue weighted by Gasteiger charge is 2.38. The van der Waals surface area contributed by atoms with E-state index in [2.05, 4.69) is 54.0 Å². The minimum absolute atomic E-state index is 0.0181. The van der Waals surface area contributed by atoms with E-state index in [4.69, 9.17) is 11.6 Å². The molecule has 1 heterocycles. The summed E-state index contributed by atoms with van der Waals surface area (Å²) in [5.74, 6) is 0.812. The maximum Gasteiger partial charge on any atom is 0.251 e. The normalized spacial score (nSPS) is 22.7. The first-order valence-corrected chi connectivity index (χ1v) is 10.2. The first-order valence-electron chi connectivity index (χ1n) is 9.78. The van der Waals surface area contributed by atoms with Gasteiger partial charge in [0.1, 0.15) is 0 Å². The molecule has 0 spiro atoms. The number of unbranched alkanes of at least 4 members (excludes halogenated alkanes) is 1. The average molecular weight is 381 g/mol. The van der Waals surface area contributed by atoms with E-state index in [1.54, 1.807) is 0 Å². The molecule has 27 heavy (non-hydrogen) atoms. The molecule has 0 fully saturated rings. The monoisotopic (exact) mass is 380 g/mol. The number of hydrogen-bond acceptors (Lipinski definition) is 2. The predicted molar refractivity (Wildman–Crippen MR) is 111 cm³/mol. The minimum Gasteiger partial charge on any atom is -0.378 e.